The van der Waals surface area contributed by atoms with Crippen LogP contribution >= 0.6 is 11.8 Å². The number of nitriles is 1. The van der Waals surface area contributed by atoms with Crippen molar-refractivity contribution in [1.29, 1.82) is 5.26 Å². The SMILES string of the molecule is N#Cc1cc(CSCC(N)C(=O)O)ccc1F. The number of benzene rings is 1. The number of aliphatic carboxylic acids is 1. The fourth-order valence-corrected chi connectivity index (χ4v) is 2.05. The van der Waals surface area contributed by atoms with Crippen LogP contribution in [0.25, 0.3) is 0 Å². The van der Waals surface area contributed by atoms with Crippen LogP contribution in [0.3, 0.4) is 0 Å². The molecular formula is C11H11FN2O2S. The molecule has 0 saturated carbocycles. The Morgan fingerprint density at radius 1 is 1.65 bits per heavy atom. The maximum absolute atomic E-state index is 13.0. The van der Waals surface area contributed by atoms with Gasteiger partial charge in [-0.25, -0.2) is 4.39 Å². The molecule has 0 aliphatic rings. The summed E-state index contributed by atoms with van der Waals surface area (Å²) in [6, 6.07) is 5.09. The monoisotopic (exact) mass is 254 g/mol. The second kappa shape index (κ2) is 6.23. The molecule has 4 nitrogen and oxygen atoms in total. The molecule has 6 heteroatoms. The van der Waals surface area contributed by atoms with Crippen molar-refractivity contribution in [3.8, 4) is 6.07 Å². The first kappa shape index (κ1) is 13.5. The highest BCUT2D eigenvalue weighted by molar-refractivity contribution is 7.98. The summed E-state index contributed by atoms with van der Waals surface area (Å²) in [7, 11) is 0. The fraction of sp³-hybridized carbons (Fsp3) is 0.273. The molecule has 90 valence electrons. The molecule has 1 aromatic carbocycles. The van der Waals surface area contributed by atoms with Gasteiger partial charge in [0.2, 0.25) is 0 Å². The lowest BCUT2D eigenvalue weighted by atomic mass is 10.1. The number of carboxylic acid groups (broad SMARTS) is 1. The second-order valence-corrected chi connectivity index (χ2v) is 4.42. The number of nitrogens with two attached hydrogens (primary N) is 1. The number of carbonyl (C=O) groups is 1. The van der Waals surface area contributed by atoms with Gasteiger partial charge < -0.3 is 10.8 Å². The van der Waals surface area contributed by atoms with Gasteiger partial charge in [-0.15, -0.1) is 0 Å². The Bertz CT molecular complexity index is 459. The van der Waals surface area contributed by atoms with Gasteiger partial charge in [0, 0.05) is 11.5 Å². The lowest BCUT2D eigenvalue weighted by Crippen LogP contribution is -2.32. The van der Waals surface area contributed by atoms with Gasteiger partial charge in [-0.05, 0) is 17.7 Å². The molecule has 0 bridgehead atoms. The lowest BCUT2D eigenvalue weighted by molar-refractivity contribution is -0.137. The van der Waals surface area contributed by atoms with Crippen molar-refractivity contribution < 1.29 is 14.3 Å². The van der Waals surface area contributed by atoms with Crippen LogP contribution < -0.4 is 5.73 Å². The average molecular weight is 254 g/mol. The van der Waals surface area contributed by atoms with Gasteiger partial charge in [0.25, 0.3) is 0 Å². The van der Waals surface area contributed by atoms with Gasteiger partial charge in [0.05, 0.1) is 5.56 Å². The van der Waals surface area contributed by atoms with Crippen molar-refractivity contribution in [3.63, 3.8) is 0 Å². The number of hydrogen-bond donors (Lipinski definition) is 2. The number of hydrogen-bond acceptors (Lipinski definition) is 4. The van der Waals surface area contributed by atoms with Crippen molar-refractivity contribution in [2.75, 3.05) is 5.75 Å². The molecule has 0 aliphatic heterocycles. The lowest BCUT2D eigenvalue weighted by Gasteiger charge is -2.06. The summed E-state index contributed by atoms with van der Waals surface area (Å²) in [6.07, 6.45) is 0. The van der Waals surface area contributed by atoms with Crippen molar-refractivity contribution in [2.24, 2.45) is 5.73 Å². The highest BCUT2D eigenvalue weighted by Gasteiger charge is 2.11. The quantitative estimate of drug-likeness (QED) is 0.828. The van der Waals surface area contributed by atoms with Crippen molar-refractivity contribution >= 4 is 17.7 Å². The summed E-state index contributed by atoms with van der Waals surface area (Å²) in [5.41, 5.74) is 6.09. The van der Waals surface area contributed by atoms with Crippen LogP contribution in [-0.2, 0) is 10.5 Å². The molecule has 0 fully saturated rings. The number of nitrogens with zero attached hydrogens (tertiary/aromatic N) is 1. The third kappa shape index (κ3) is 4.06. The van der Waals surface area contributed by atoms with Gasteiger partial charge in [-0.2, -0.15) is 17.0 Å². The zero-order valence-corrected chi connectivity index (χ0v) is 9.71. The number of carboxylic acids is 1. The van der Waals surface area contributed by atoms with Gasteiger partial charge >= 0.3 is 5.97 Å². The Labute approximate surface area is 102 Å². The van der Waals surface area contributed by atoms with Crippen molar-refractivity contribution in [1.82, 2.24) is 0 Å². The predicted molar refractivity (Wildman–Crippen MR) is 62.9 cm³/mol. The van der Waals surface area contributed by atoms with E-state index in [0.717, 1.165) is 5.56 Å². The topological polar surface area (TPSA) is 87.1 Å². The molecule has 1 atom stereocenters. The van der Waals surface area contributed by atoms with Gasteiger partial charge in [0.15, 0.2) is 0 Å². The van der Waals surface area contributed by atoms with E-state index in [9.17, 15) is 9.18 Å². The van der Waals surface area contributed by atoms with Crippen LogP contribution in [-0.4, -0.2) is 22.9 Å². The molecule has 1 aromatic rings. The van der Waals surface area contributed by atoms with Crippen molar-refractivity contribution in [3.05, 3.63) is 35.1 Å². The van der Waals surface area contributed by atoms with E-state index in [1.807, 2.05) is 0 Å². The van der Waals surface area contributed by atoms with E-state index in [4.69, 9.17) is 16.1 Å². The Hall–Kier alpha value is -1.58. The number of halogens is 1. The predicted octanol–water partition coefficient (Wildman–Crippen LogP) is 1.34. The van der Waals surface area contributed by atoms with E-state index in [-0.39, 0.29) is 11.3 Å². The minimum atomic E-state index is -1.05. The highest BCUT2D eigenvalue weighted by atomic mass is 32.2. The minimum absolute atomic E-state index is 0.00867. The van der Waals surface area contributed by atoms with E-state index >= 15 is 0 Å². The Morgan fingerprint density at radius 3 is 2.94 bits per heavy atom. The average Bonchev–Trinajstić information content (AvgIpc) is 2.31. The molecular weight excluding hydrogens is 243 g/mol. The molecule has 0 aliphatic carbocycles. The van der Waals surface area contributed by atoms with Crippen LogP contribution in [0.5, 0.6) is 0 Å². The van der Waals surface area contributed by atoms with Crippen LogP contribution in [0.1, 0.15) is 11.1 Å². The van der Waals surface area contributed by atoms with Gasteiger partial charge in [0.1, 0.15) is 17.9 Å². The van der Waals surface area contributed by atoms with Crippen LogP contribution in [0.4, 0.5) is 4.39 Å². The van der Waals surface area contributed by atoms with Crippen LogP contribution in [0.2, 0.25) is 0 Å². The molecule has 0 heterocycles. The van der Waals surface area contributed by atoms with Crippen LogP contribution in [0, 0.1) is 17.1 Å². The molecule has 0 radical (unpaired) electrons. The first-order valence-corrected chi connectivity index (χ1v) is 5.94. The van der Waals surface area contributed by atoms with E-state index in [2.05, 4.69) is 0 Å². The standard InChI is InChI=1S/C11H11FN2O2S/c12-9-2-1-7(3-8(9)4-13)5-17-6-10(14)11(15)16/h1-3,10H,5-6,14H2,(H,15,16). The zero-order valence-electron chi connectivity index (χ0n) is 8.89. The minimum Gasteiger partial charge on any atom is -0.480 e. The van der Waals surface area contributed by atoms with E-state index in [0.29, 0.717) is 5.75 Å². The molecule has 0 spiro atoms. The Balaban J connectivity index is 2.53. The van der Waals surface area contributed by atoms with Gasteiger partial charge in [-0.3, -0.25) is 4.79 Å². The van der Waals surface area contributed by atoms with E-state index in [1.54, 1.807) is 12.1 Å². The van der Waals surface area contributed by atoms with E-state index in [1.165, 1.54) is 23.9 Å². The molecule has 0 amide bonds. The molecule has 0 saturated heterocycles. The van der Waals surface area contributed by atoms with Crippen LogP contribution in [0.15, 0.2) is 18.2 Å². The molecule has 0 aromatic heterocycles. The molecule has 3 N–H and O–H groups in total. The largest absolute Gasteiger partial charge is 0.480 e. The summed E-state index contributed by atoms with van der Waals surface area (Å²) >= 11 is 1.33. The van der Waals surface area contributed by atoms with Gasteiger partial charge in [-0.1, -0.05) is 6.07 Å². The first-order chi connectivity index (χ1) is 8.04. The summed E-state index contributed by atoms with van der Waals surface area (Å²) in [4.78, 5) is 10.5. The molecule has 1 rings (SSSR count). The smallest absolute Gasteiger partial charge is 0.321 e. The Kier molecular flexibility index (Phi) is 4.94. The number of rotatable bonds is 5. The maximum Gasteiger partial charge on any atom is 0.321 e. The van der Waals surface area contributed by atoms with Crippen molar-refractivity contribution in [2.45, 2.75) is 11.8 Å². The summed E-state index contributed by atoms with van der Waals surface area (Å²) < 4.78 is 13.0. The van der Waals surface area contributed by atoms with E-state index < -0.39 is 17.8 Å². The second-order valence-electron chi connectivity index (χ2n) is 3.39. The summed E-state index contributed by atoms with van der Waals surface area (Å²) in [6.45, 7) is 0. The maximum atomic E-state index is 13.0. The zero-order chi connectivity index (χ0) is 12.8. The highest BCUT2D eigenvalue weighted by Crippen LogP contribution is 2.16. The number of thioether (sulfide) groups is 1. The first-order valence-electron chi connectivity index (χ1n) is 4.79. The molecule has 1 unspecified atom stereocenters. The molecule has 17 heavy (non-hydrogen) atoms. The third-order valence-corrected chi connectivity index (χ3v) is 3.17. The fourth-order valence-electron chi connectivity index (χ4n) is 1.12. The third-order valence-electron chi connectivity index (χ3n) is 2.03. The normalized spacial score (nSPS) is 11.8. The summed E-state index contributed by atoms with van der Waals surface area (Å²) in [5.74, 6) is -0.831. The Morgan fingerprint density at radius 2 is 2.35 bits per heavy atom. The summed E-state index contributed by atoms with van der Waals surface area (Å²) in [5, 5.41) is 17.2.